The van der Waals surface area contributed by atoms with Crippen molar-refractivity contribution in [3.8, 4) is 0 Å². The minimum Gasteiger partial charge on any atom is -0.355 e. The highest BCUT2D eigenvalue weighted by Gasteiger charge is 2.32. The van der Waals surface area contributed by atoms with E-state index in [2.05, 4.69) is 20.1 Å². The molecule has 1 aromatic rings. The Bertz CT molecular complexity index is 623. The maximum Gasteiger partial charge on any atom is 0.224 e. The molecule has 7 nitrogen and oxygen atoms in total. The lowest BCUT2D eigenvalue weighted by molar-refractivity contribution is -0.124. The van der Waals surface area contributed by atoms with Gasteiger partial charge < -0.3 is 9.88 Å². The second kappa shape index (κ2) is 5.16. The number of fused-ring (bicyclic) bond motifs is 1. The Kier molecular flexibility index (Phi) is 3.49. The smallest absolute Gasteiger partial charge is 0.224 e. The third-order valence-electron chi connectivity index (χ3n) is 3.94. The van der Waals surface area contributed by atoms with Gasteiger partial charge in [0.25, 0.3) is 0 Å². The predicted molar refractivity (Wildman–Crippen MR) is 71.8 cm³/mol. The van der Waals surface area contributed by atoms with Crippen molar-refractivity contribution in [2.45, 2.75) is 32.2 Å². The van der Waals surface area contributed by atoms with E-state index in [1.165, 1.54) is 0 Å². The standard InChI is InChI=1S/C12H18N4O3S/c17-12(9-4-7-20(18,19)8-9)13-5-3-11-15-14-10-2-1-6-16(10)11/h9H,1-8H2,(H,13,17). The maximum absolute atomic E-state index is 11.9. The average molecular weight is 298 g/mol. The first-order valence-corrected chi connectivity index (χ1v) is 8.76. The monoisotopic (exact) mass is 298 g/mol. The van der Waals surface area contributed by atoms with E-state index in [0.717, 1.165) is 31.0 Å². The van der Waals surface area contributed by atoms with Gasteiger partial charge in [0.05, 0.1) is 17.4 Å². The van der Waals surface area contributed by atoms with Gasteiger partial charge in [0.1, 0.15) is 11.6 Å². The largest absolute Gasteiger partial charge is 0.355 e. The molecule has 1 fully saturated rings. The molecule has 0 radical (unpaired) electrons. The van der Waals surface area contributed by atoms with Crippen LogP contribution >= 0.6 is 0 Å². The summed E-state index contributed by atoms with van der Waals surface area (Å²) in [6.07, 6.45) is 3.15. The average Bonchev–Trinajstić information content (AvgIpc) is 3.05. The fourth-order valence-corrected chi connectivity index (χ4v) is 4.58. The molecule has 2 aliphatic rings. The van der Waals surface area contributed by atoms with E-state index in [9.17, 15) is 13.2 Å². The van der Waals surface area contributed by atoms with E-state index in [-0.39, 0.29) is 23.3 Å². The predicted octanol–water partition coefficient (Wildman–Crippen LogP) is -0.682. The molecule has 1 saturated heterocycles. The van der Waals surface area contributed by atoms with E-state index >= 15 is 0 Å². The Hall–Kier alpha value is -1.44. The van der Waals surface area contributed by atoms with Gasteiger partial charge in [0, 0.05) is 25.9 Å². The van der Waals surface area contributed by atoms with Gasteiger partial charge in [-0.2, -0.15) is 0 Å². The van der Waals surface area contributed by atoms with Gasteiger partial charge in [0.15, 0.2) is 9.84 Å². The number of hydrogen-bond donors (Lipinski definition) is 1. The highest BCUT2D eigenvalue weighted by molar-refractivity contribution is 7.91. The number of carbonyl (C=O) groups is 1. The van der Waals surface area contributed by atoms with Crippen molar-refractivity contribution in [1.82, 2.24) is 20.1 Å². The number of carbonyl (C=O) groups excluding carboxylic acids is 1. The summed E-state index contributed by atoms with van der Waals surface area (Å²) in [7, 11) is -3.00. The summed E-state index contributed by atoms with van der Waals surface area (Å²) in [6, 6.07) is 0. The van der Waals surface area contributed by atoms with Crippen LogP contribution in [0.25, 0.3) is 0 Å². The molecule has 1 atom stereocenters. The first kappa shape index (κ1) is 13.5. The molecule has 1 amide bonds. The SMILES string of the molecule is O=C(NCCc1nnc2n1CCC2)C1CCS(=O)(=O)C1. The number of sulfone groups is 1. The summed E-state index contributed by atoms with van der Waals surface area (Å²) in [4.78, 5) is 11.9. The van der Waals surface area contributed by atoms with Crippen LogP contribution in [0.1, 0.15) is 24.5 Å². The Morgan fingerprint density at radius 2 is 2.25 bits per heavy atom. The molecule has 20 heavy (non-hydrogen) atoms. The first-order chi connectivity index (χ1) is 9.55. The molecular weight excluding hydrogens is 280 g/mol. The third-order valence-corrected chi connectivity index (χ3v) is 5.71. The van der Waals surface area contributed by atoms with Crippen LogP contribution in [0.4, 0.5) is 0 Å². The molecule has 0 spiro atoms. The fourth-order valence-electron chi connectivity index (χ4n) is 2.84. The molecule has 3 rings (SSSR count). The number of hydrogen-bond acceptors (Lipinski definition) is 5. The maximum atomic E-state index is 11.9. The summed E-state index contributed by atoms with van der Waals surface area (Å²) in [6.45, 7) is 1.43. The van der Waals surface area contributed by atoms with Crippen molar-refractivity contribution < 1.29 is 13.2 Å². The quantitative estimate of drug-likeness (QED) is 0.794. The lowest BCUT2D eigenvalue weighted by Crippen LogP contribution is -2.33. The number of amides is 1. The summed E-state index contributed by atoms with van der Waals surface area (Å²) in [5.41, 5.74) is 0. The zero-order valence-corrected chi connectivity index (χ0v) is 12.0. The summed E-state index contributed by atoms with van der Waals surface area (Å²) in [5, 5.41) is 11.0. The van der Waals surface area contributed by atoms with Crippen molar-refractivity contribution in [2.75, 3.05) is 18.1 Å². The van der Waals surface area contributed by atoms with Gasteiger partial charge in [0.2, 0.25) is 5.91 Å². The summed E-state index contributed by atoms with van der Waals surface area (Å²) < 4.78 is 24.8. The van der Waals surface area contributed by atoms with E-state index < -0.39 is 9.84 Å². The summed E-state index contributed by atoms with van der Waals surface area (Å²) in [5.74, 6) is 1.49. The van der Waals surface area contributed by atoms with Crippen molar-refractivity contribution >= 4 is 15.7 Å². The van der Waals surface area contributed by atoms with Crippen LogP contribution in [-0.4, -0.2) is 47.1 Å². The van der Waals surface area contributed by atoms with Gasteiger partial charge in [-0.3, -0.25) is 4.79 Å². The molecule has 0 aliphatic carbocycles. The number of aromatic nitrogens is 3. The van der Waals surface area contributed by atoms with Crippen LogP contribution in [-0.2, 0) is 34.0 Å². The second-order valence-electron chi connectivity index (χ2n) is 5.43. The molecule has 3 heterocycles. The third kappa shape index (κ3) is 2.70. The molecule has 8 heteroatoms. The Balaban J connectivity index is 1.49. The number of nitrogens with one attached hydrogen (secondary N) is 1. The Labute approximate surface area is 117 Å². The van der Waals surface area contributed by atoms with Gasteiger partial charge in [-0.25, -0.2) is 8.42 Å². The number of aryl methyl sites for hydroxylation is 1. The second-order valence-corrected chi connectivity index (χ2v) is 7.66. The molecule has 110 valence electrons. The van der Waals surface area contributed by atoms with Crippen LogP contribution in [0.15, 0.2) is 0 Å². The molecule has 0 aromatic carbocycles. The van der Waals surface area contributed by atoms with Crippen LogP contribution in [0.3, 0.4) is 0 Å². The number of rotatable bonds is 4. The van der Waals surface area contributed by atoms with Crippen LogP contribution in [0.2, 0.25) is 0 Å². The Morgan fingerprint density at radius 3 is 3.00 bits per heavy atom. The molecule has 0 bridgehead atoms. The fraction of sp³-hybridized carbons (Fsp3) is 0.750. The van der Waals surface area contributed by atoms with Crippen molar-refractivity contribution in [1.29, 1.82) is 0 Å². The van der Waals surface area contributed by atoms with Crippen LogP contribution in [0, 0.1) is 5.92 Å². The normalized spacial score (nSPS) is 23.7. The van der Waals surface area contributed by atoms with E-state index in [0.29, 0.717) is 19.4 Å². The highest BCUT2D eigenvalue weighted by atomic mass is 32.2. The molecule has 1 unspecified atom stereocenters. The zero-order valence-electron chi connectivity index (χ0n) is 11.2. The van der Waals surface area contributed by atoms with Gasteiger partial charge in [-0.15, -0.1) is 10.2 Å². The minimum atomic E-state index is -3.00. The van der Waals surface area contributed by atoms with Crippen molar-refractivity contribution in [3.05, 3.63) is 11.6 Å². The first-order valence-electron chi connectivity index (χ1n) is 6.94. The van der Waals surface area contributed by atoms with E-state index in [1.807, 2.05) is 0 Å². The number of nitrogens with zero attached hydrogens (tertiary/aromatic N) is 3. The molecular formula is C12H18N4O3S. The van der Waals surface area contributed by atoms with Gasteiger partial charge in [-0.05, 0) is 12.8 Å². The molecule has 1 N–H and O–H groups in total. The molecule has 1 aromatic heterocycles. The van der Waals surface area contributed by atoms with E-state index in [4.69, 9.17) is 0 Å². The minimum absolute atomic E-state index is 0.0147. The van der Waals surface area contributed by atoms with Crippen molar-refractivity contribution in [2.24, 2.45) is 5.92 Å². The Morgan fingerprint density at radius 1 is 1.40 bits per heavy atom. The highest BCUT2D eigenvalue weighted by Crippen LogP contribution is 2.18. The lowest BCUT2D eigenvalue weighted by atomic mass is 10.1. The lowest BCUT2D eigenvalue weighted by Gasteiger charge is -2.09. The van der Waals surface area contributed by atoms with Crippen molar-refractivity contribution in [3.63, 3.8) is 0 Å². The molecule has 0 saturated carbocycles. The zero-order chi connectivity index (χ0) is 14.2. The molecule has 2 aliphatic heterocycles. The topological polar surface area (TPSA) is 93.9 Å². The summed E-state index contributed by atoms with van der Waals surface area (Å²) >= 11 is 0. The van der Waals surface area contributed by atoms with Gasteiger partial charge >= 0.3 is 0 Å². The van der Waals surface area contributed by atoms with Crippen LogP contribution in [0.5, 0.6) is 0 Å². The van der Waals surface area contributed by atoms with Crippen LogP contribution < -0.4 is 5.32 Å². The van der Waals surface area contributed by atoms with Gasteiger partial charge in [-0.1, -0.05) is 0 Å². The van der Waals surface area contributed by atoms with E-state index in [1.54, 1.807) is 0 Å².